The van der Waals surface area contributed by atoms with E-state index in [1.807, 2.05) is 42.5 Å². The monoisotopic (exact) mass is 588 g/mol. The summed E-state index contributed by atoms with van der Waals surface area (Å²) in [4.78, 5) is 2.26. The number of aliphatic hydroxyl groups excluding tert-OH is 1. The van der Waals surface area contributed by atoms with Gasteiger partial charge in [-0.25, -0.2) is 0 Å². The molecule has 0 bridgehead atoms. The van der Waals surface area contributed by atoms with Crippen LogP contribution in [-0.4, -0.2) is 52.2 Å². The van der Waals surface area contributed by atoms with Crippen LogP contribution >= 0.6 is 0 Å². The van der Waals surface area contributed by atoms with Gasteiger partial charge < -0.3 is 29.0 Å². The summed E-state index contributed by atoms with van der Waals surface area (Å²) >= 11 is 0. The second-order valence-electron chi connectivity index (χ2n) is 9.28. The molecule has 0 saturated heterocycles. The van der Waals surface area contributed by atoms with Crippen LogP contribution in [0, 0.1) is 0 Å². The summed E-state index contributed by atoms with van der Waals surface area (Å²) in [6.45, 7) is 5.07. The molecule has 1 heterocycles. The summed E-state index contributed by atoms with van der Waals surface area (Å²) in [5, 5.41) is 18.5. The van der Waals surface area contributed by atoms with Crippen LogP contribution in [0.15, 0.2) is 82.6 Å². The van der Waals surface area contributed by atoms with E-state index in [1.54, 1.807) is 46.8 Å². The first-order valence-electron chi connectivity index (χ1n) is 12.7. The van der Waals surface area contributed by atoms with E-state index in [0.717, 1.165) is 34.8 Å². The number of anilines is 1. The zero-order valence-electron chi connectivity index (χ0n) is 23.6. The number of hydrogen-bond acceptors (Lipinski definition) is 7. The van der Waals surface area contributed by atoms with Crippen molar-refractivity contribution in [2.75, 3.05) is 39.9 Å². The standard InChI is InChI=1S/C31H35N3O5.Co/c1-7-34-25-14-13-23(36-3)19-24(25)31(2,20-21-17-26(37-4)29(39-6)27(18-21)38-5)28(34)15-16-32-33-30(35)22-11-9-8-10-12-22;/h8-19H,7,20H2,1-6H3,(H,33,35);/b28-15-,32-16+;. The van der Waals surface area contributed by atoms with Crippen molar-refractivity contribution in [3.05, 3.63) is 89.1 Å². The van der Waals surface area contributed by atoms with E-state index in [2.05, 4.69) is 41.1 Å². The fourth-order valence-corrected chi connectivity index (χ4v) is 5.17. The molecule has 8 nitrogen and oxygen atoms in total. The van der Waals surface area contributed by atoms with Crippen molar-refractivity contribution >= 4 is 17.8 Å². The molecule has 40 heavy (non-hydrogen) atoms. The number of hydrogen-bond donors (Lipinski definition) is 1. The van der Waals surface area contributed by atoms with Gasteiger partial charge >= 0.3 is 0 Å². The molecule has 1 N–H and O–H groups in total. The number of ether oxygens (including phenoxy) is 4. The predicted molar refractivity (Wildman–Crippen MR) is 155 cm³/mol. The molecule has 4 rings (SSSR count). The smallest absolute Gasteiger partial charge is 0.238 e. The molecule has 1 aliphatic rings. The second kappa shape index (κ2) is 13.4. The van der Waals surface area contributed by atoms with Gasteiger partial charge in [0.25, 0.3) is 0 Å². The first-order chi connectivity index (χ1) is 18.9. The van der Waals surface area contributed by atoms with Crippen LogP contribution in [0.3, 0.4) is 0 Å². The molecule has 9 heteroatoms. The average Bonchev–Trinajstić information content (AvgIpc) is 3.20. The Bertz CT molecular complexity index is 1380. The van der Waals surface area contributed by atoms with Gasteiger partial charge in [0, 0.05) is 45.7 Å². The molecule has 0 aromatic heterocycles. The summed E-state index contributed by atoms with van der Waals surface area (Å²) in [6, 6.07) is 19.2. The normalized spacial score (nSPS) is 17.5. The van der Waals surface area contributed by atoms with Crippen molar-refractivity contribution in [1.82, 2.24) is 0 Å². The molecule has 0 spiro atoms. The maximum atomic E-state index is 10.3. The van der Waals surface area contributed by atoms with Crippen molar-refractivity contribution in [2.45, 2.75) is 25.7 Å². The minimum absolute atomic E-state index is 0. The Morgan fingerprint density at radius 3 is 2.17 bits per heavy atom. The van der Waals surface area contributed by atoms with Crippen molar-refractivity contribution in [2.24, 2.45) is 10.2 Å². The number of methoxy groups -OCH3 is 4. The largest absolute Gasteiger partial charge is 0.497 e. The summed E-state index contributed by atoms with van der Waals surface area (Å²) in [7, 11) is 6.50. The summed E-state index contributed by atoms with van der Waals surface area (Å²) in [5.74, 6) is 2.40. The Labute approximate surface area is 246 Å². The van der Waals surface area contributed by atoms with Crippen LogP contribution in [-0.2, 0) is 28.6 Å². The van der Waals surface area contributed by atoms with Crippen LogP contribution in [0.5, 0.6) is 23.0 Å². The molecule has 3 aromatic rings. The molecule has 213 valence electrons. The molecule has 1 unspecified atom stereocenters. The van der Waals surface area contributed by atoms with Crippen molar-refractivity contribution in [3.8, 4) is 23.0 Å². The van der Waals surface area contributed by atoms with E-state index in [-0.39, 0.29) is 22.7 Å². The minimum atomic E-state index is -0.457. The Hall–Kier alpha value is -3.95. The van der Waals surface area contributed by atoms with Crippen LogP contribution < -0.4 is 23.8 Å². The zero-order valence-corrected chi connectivity index (χ0v) is 24.6. The van der Waals surface area contributed by atoms with Gasteiger partial charge in [-0.15, -0.1) is 5.10 Å². The van der Waals surface area contributed by atoms with Crippen LogP contribution in [0.25, 0.3) is 0 Å². The fourth-order valence-electron chi connectivity index (χ4n) is 5.17. The van der Waals surface area contributed by atoms with Gasteiger partial charge in [0.1, 0.15) is 5.75 Å². The number of benzene rings is 3. The van der Waals surface area contributed by atoms with Crippen molar-refractivity contribution in [3.63, 3.8) is 0 Å². The van der Waals surface area contributed by atoms with Gasteiger partial charge in [0.2, 0.25) is 11.6 Å². The molecular weight excluding hydrogens is 553 g/mol. The quantitative estimate of drug-likeness (QED) is 0.180. The third-order valence-electron chi connectivity index (χ3n) is 7.03. The average molecular weight is 589 g/mol. The Morgan fingerprint density at radius 2 is 1.60 bits per heavy atom. The summed E-state index contributed by atoms with van der Waals surface area (Å²) < 4.78 is 22.4. The van der Waals surface area contributed by atoms with Crippen molar-refractivity contribution in [1.29, 1.82) is 0 Å². The molecule has 3 aromatic carbocycles. The van der Waals surface area contributed by atoms with Gasteiger partial charge in [-0.2, -0.15) is 5.10 Å². The molecule has 0 fully saturated rings. The maximum absolute atomic E-state index is 10.3. The molecule has 0 amide bonds. The van der Waals surface area contributed by atoms with Gasteiger partial charge in [-0.3, -0.25) is 0 Å². The fraction of sp³-hybridized carbons (Fsp3) is 0.290. The van der Waals surface area contributed by atoms with Gasteiger partial charge in [-0.1, -0.05) is 18.2 Å². The number of aliphatic hydroxyl groups is 1. The van der Waals surface area contributed by atoms with Gasteiger partial charge in [0.15, 0.2) is 11.5 Å². The number of nitrogens with zero attached hydrogens (tertiary/aromatic N) is 3. The Balaban J connectivity index is 0.00000441. The summed E-state index contributed by atoms with van der Waals surface area (Å²) in [6.07, 6.45) is 4.21. The van der Waals surface area contributed by atoms with Crippen LogP contribution in [0.4, 0.5) is 5.69 Å². The predicted octanol–water partition coefficient (Wildman–Crippen LogP) is 5.93. The number of likely N-dealkylation sites (N-methyl/N-ethyl adjacent to an activating group) is 1. The Morgan fingerprint density at radius 1 is 0.925 bits per heavy atom. The second-order valence-corrected chi connectivity index (χ2v) is 9.28. The third kappa shape index (κ3) is 5.95. The molecule has 1 aliphatic heterocycles. The SMILES string of the molecule is CCN1\C(=C/C=N/N=C(\O)c2ccccc2)C(C)(Cc2cc(OC)c(OC)c(OC)c2)c2cc(OC)ccc21.[Co]. The molecule has 1 radical (unpaired) electrons. The first-order valence-corrected chi connectivity index (χ1v) is 12.7. The molecule has 0 saturated carbocycles. The Kier molecular flexibility index (Phi) is 10.3. The minimum Gasteiger partial charge on any atom is -0.497 e. The van der Waals surface area contributed by atoms with Crippen LogP contribution in [0.1, 0.15) is 30.5 Å². The number of rotatable bonds is 10. The summed E-state index contributed by atoms with van der Waals surface area (Å²) in [5.41, 5.74) is 4.43. The van der Waals surface area contributed by atoms with E-state index < -0.39 is 5.41 Å². The van der Waals surface area contributed by atoms with E-state index >= 15 is 0 Å². The van der Waals surface area contributed by atoms with E-state index in [1.165, 1.54) is 0 Å². The van der Waals surface area contributed by atoms with E-state index in [4.69, 9.17) is 18.9 Å². The zero-order chi connectivity index (χ0) is 28.0. The van der Waals surface area contributed by atoms with Gasteiger partial charge in [0.05, 0.1) is 34.7 Å². The molecule has 1 atom stereocenters. The molecular formula is C31H35CoN3O5. The molecule has 0 aliphatic carbocycles. The topological polar surface area (TPSA) is 85.1 Å². The van der Waals surface area contributed by atoms with E-state index in [0.29, 0.717) is 29.2 Å². The maximum Gasteiger partial charge on any atom is 0.238 e. The third-order valence-corrected chi connectivity index (χ3v) is 7.03. The van der Waals surface area contributed by atoms with Gasteiger partial charge in [-0.05, 0) is 79.9 Å². The van der Waals surface area contributed by atoms with E-state index in [9.17, 15) is 5.11 Å². The number of fused-ring (bicyclic) bond motifs is 1. The number of allylic oxidation sites excluding steroid dienone is 2. The first kappa shape index (κ1) is 30.6. The van der Waals surface area contributed by atoms with Crippen molar-refractivity contribution < 1.29 is 40.8 Å². The van der Waals surface area contributed by atoms with Crippen LogP contribution in [0.2, 0.25) is 0 Å².